The molecule has 1 aliphatic rings. The second-order valence-electron chi connectivity index (χ2n) is 4.49. The van der Waals surface area contributed by atoms with Crippen molar-refractivity contribution in [2.75, 3.05) is 12.4 Å². The molecule has 1 fully saturated rings. The molecule has 1 heterocycles. The van der Waals surface area contributed by atoms with E-state index in [2.05, 4.69) is 10.3 Å². The van der Waals surface area contributed by atoms with E-state index in [9.17, 15) is 10.1 Å². The Kier molecular flexibility index (Phi) is 4.09. The van der Waals surface area contributed by atoms with Crippen molar-refractivity contribution in [3.63, 3.8) is 0 Å². The summed E-state index contributed by atoms with van der Waals surface area (Å²) in [7, 11) is 1.73. The van der Waals surface area contributed by atoms with E-state index >= 15 is 0 Å². The molecule has 1 saturated carbocycles. The van der Waals surface area contributed by atoms with E-state index in [0.717, 1.165) is 25.7 Å². The van der Waals surface area contributed by atoms with Gasteiger partial charge in [0.1, 0.15) is 11.9 Å². The van der Waals surface area contributed by atoms with Gasteiger partial charge in [-0.05, 0) is 47.7 Å². The molecule has 6 nitrogen and oxygen atoms in total. The minimum Gasteiger partial charge on any atom is -0.381 e. The maximum atomic E-state index is 10.8. The highest BCUT2D eigenvalue weighted by atomic mass is 16.6. The van der Waals surface area contributed by atoms with Gasteiger partial charge in [-0.2, -0.15) is 0 Å². The molecular weight excluding hydrogens is 234 g/mol. The van der Waals surface area contributed by atoms with Crippen molar-refractivity contribution in [1.29, 1.82) is 0 Å². The molecule has 6 heteroatoms. The second kappa shape index (κ2) is 5.77. The molecule has 2 rings (SSSR count). The maximum Gasteiger partial charge on any atom is 0.386 e. The molecule has 1 aromatic rings. The molecule has 0 amide bonds. The minimum atomic E-state index is -0.455. The SMILES string of the molecule is COC1CCC(Nc2cccnc2[N+](=O)[O-])CC1. The van der Waals surface area contributed by atoms with Gasteiger partial charge in [0.15, 0.2) is 0 Å². The van der Waals surface area contributed by atoms with Crippen molar-refractivity contribution in [2.24, 2.45) is 0 Å². The standard InChI is InChI=1S/C12H17N3O3/c1-18-10-6-4-9(5-7-10)14-11-3-2-8-13-12(11)15(16)17/h2-3,8-10,14H,4-7H2,1H3. The second-order valence-corrected chi connectivity index (χ2v) is 4.49. The van der Waals surface area contributed by atoms with Gasteiger partial charge in [0.2, 0.25) is 0 Å². The van der Waals surface area contributed by atoms with Gasteiger partial charge in [0.25, 0.3) is 0 Å². The van der Waals surface area contributed by atoms with Crippen molar-refractivity contribution in [3.8, 4) is 0 Å². The van der Waals surface area contributed by atoms with E-state index < -0.39 is 4.92 Å². The predicted molar refractivity (Wildman–Crippen MR) is 67.6 cm³/mol. The van der Waals surface area contributed by atoms with E-state index in [1.165, 1.54) is 6.20 Å². The molecule has 0 atom stereocenters. The average molecular weight is 251 g/mol. The van der Waals surface area contributed by atoms with Gasteiger partial charge < -0.3 is 20.2 Å². The van der Waals surface area contributed by atoms with E-state index in [1.807, 2.05) is 0 Å². The molecule has 1 aromatic heterocycles. The predicted octanol–water partition coefficient (Wildman–Crippen LogP) is 2.36. The Labute approximate surface area is 106 Å². The summed E-state index contributed by atoms with van der Waals surface area (Å²) in [6.07, 6.45) is 5.66. The number of hydrogen-bond acceptors (Lipinski definition) is 5. The Bertz CT molecular complexity index is 417. The molecule has 0 aliphatic heterocycles. The number of methoxy groups -OCH3 is 1. The van der Waals surface area contributed by atoms with Crippen LogP contribution >= 0.6 is 0 Å². The third-order valence-corrected chi connectivity index (χ3v) is 3.33. The number of pyridine rings is 1. The number of hydrogen-bond donors (Lipinski definition) is 1. The Morgan fingerprint density at radius 2 is 2.17 bits per heavy atom. The maximum absolute atomic E-state index is 10.8. The average Bonchev–Trinajstić information content (AvgIpc) is 2.40. The minimum absolute atomic E-state index is 0.105. The van der Waals surface area contributed by atoms with E-state index in [0.29, 0.717) is 11.8 Å². The fourth-order valence-electron chi connectivity index (χ4n) is 2.32. The Morgan fingerprint density at radius 1 is 1.44 bits per heavy atom. The zero-order chi connectivity index (χ0) is 13.0. The molecule has 18 heavy (non-hydrogen) atoms. The topological polar surface area (TPSA) is 77.3 Å². The molecule has 0 saturated heterocycles. The lowest BCUT2D eigenvalue weighted by atomic mass is 9.93. The van der Waals surface area contributed by atoms with Gasteiger partial charge in [-0.1, -0.05) is 0 Å². The van der Waals surface area contributed by atoms with Crippen LogP contribution in [0.4, 0.5) is 11.5 Å². The van der Waals surface area contributed by atoms with Crippen LogP contribution in [0.1, 0.15) is 25.7 Å². The number of nitrogens with one attached hydrogen (secondary N) is 1. The lowest BCUT2D eigenvalue weighted by Crippen LogP contribution is -2.29. The summed E-state index contributed by atoms with van der Waals surface area (Å²) < 4.78 is 5.30. The van der Waals surface area contributed by atoms with Crippen LogP contribution in [0.3, 0.4) is 0 Å². The van der Waals surface area contributed by atoms with Crippen LogP contribution in [-0.4, -0.2) is 29.2 Å². The lowest BCUT2D eigenvalue weighted by molar-refractivity contribution is -0.388. The highest BCUT2D eigenvalue weighted by Gasteiger charge is 2.23. The summed E-state index contributed by atoms with van der Waals surface area (Å²) in [4.78, 5) is 14.2. The number of anilines is 1. The third-order valence-electron chi connectivity index (χ3n) is 3.33. The molecular formula is C12H17N3O3. The molecule has 0 aromatic carbocycles. The molecule has 0 bridgehead atoms. The van der Waals surface area contributed by atoms with Gasteiger partial charge >= 0.3 is 5.82 Å². The molecule has 0 unspecified atom stereocenters. The van der Waals surface area contributed by atoms with Gasteiger partial charge in [0.05, 0.1) is 6.10 Å². The van der Waals surface area contributed by atoms with Crippen LogP contribution in [0.15, 0.2) is 18.3 Å². The van der Waals surface area contributed by atoms with Crippen LogP contribution in [0.25, 0.3) is 0 Å². The normalized spacial score (nSPS) is 23.6. The van der Waals surface area contributed by atoms with Crippen LogP contribution in [-0.2, 0) is 4.74 Å². The summed E-state index contributed by atoms with van der Waals surface area (Å²) in [6, 6.07) is 3.67. The first-order chi connectivity index (χ1) is 8.70. The number of nitro groups is 1. The quantitative estimate of drug-likeness (QED) is 0.656. The van der Waals surface area contributed by atoms with E-state index in [-0.39, 0.29) is 11.9 Å². The van der Waals surface area contributed by atoms with Gasteiger partial charge in [-0.25, -0.2) is 0 Å². The van der Waals surface area contributed by atoms with E-state index in [4.69, 9.17) is 4.74 Å². The summed E-state index contributed by atoms with van der Waals surface area (Å²) >= 11 is 0. The van der Waals surface area contributed by atoms with Crippen LogP contribution in [0.5, 0.6) is 0 Å². The first-order valence-electron chi connectivity index (χ1n) is 6.09. The van der Waals surface area contributed by atoms with Crippen LogP contribution < -0.4 is 5.32 Å². The van der Waals surface area contributed by atoms with Crippen molar-refractivity contribution in [2.45, 2.75) is 37.8 Å². The third kappa shape index (κ3) is 2.95. The fraction of sp³-hybridized carbons (Fsp3) is 0.583. The fourth-order valence-corrected chi connectivity index (χ4v) is 2.32. The molecule has 0 spiro atoms. The van der Waals surface area contributed by atoms with Gasteiger partial charge in [-0.3, -0.25) is 0 Å². The summed E-state index contributed by atoms with van der Waals surface area (Å²) in [5.74, 6) is -0.105. The first-order valence-corrected chi connectivity index (χ1v) is 6.09. The number of nitrogens with zero attached hydrogens (tertiary/aromatic N) is 2. The summed E-state index contributed by atoms with van der Waals surface area (Å²) in [5.41, 5.74) is 0.503. The largest absolute Gasteiger partial charge is 0.386 e. The first kappa shape index (κ1) is 12.8. The monoisotopic (exact) mass is 251 g/mol. The number of ether oxygens (including phenoxy) is 1. The number of aromatic nitrogens is 1. The van der Waals surface area contributed by atoms with Crippen molar-refractivity contribution in [3.05, 3.63) is 28.4 Å². The molecule has 1 aliphatic carbocycles. The van der Waals surface area contributed by atoms with E-state index in [1.54, 1.807) is 19.2 Å². The van der Waals surface area contributed by atoms with Crippen LogP contribution in [0, 0.1) is 10.1 Å². The highest BCUT2D eigenvalue weighted by Crippen LogP contribution is 2.27. The highest BCUT2D eigenvalue weighted by molar-refractivity contribution is 5.57. The Morgan fingerprint density at radius 3 is 2.78 bits per heavy atom. The smallest absolute Gasteiger partial charge is 0.381 e. The summed E-state index contributed by atoms with van der Waals surface area (Å²) in [5, 5.41) is 14.1. The van der Waals surface area contributed by atoms with Crippen LogP contribution in [0.2, 0.25) is 0 Å². The van der Waals surface area contributed by atoms with Gasteiger partial charge in [-0.15, -0.1) is 0 Å². The zero-order valence-electron chi connectivity index (χ0n) is 10.3. The van der Waals surface area contributed by atoms with Crippen molar-refractivity contribution >= 4 is 11.5 Å². The Balaban J connectivity index is 2.00. The zero-order valence-corrected chi connectivity index (χ0v) is 10.3. The molecule has 0 radical (unpaired) electrons. The lowest BCUT2D eigenvalue weighted by Gasteiger charge is -2.28. The molecule has 1 N–H and O–H groups in total. The molecule has 98 valence electrons. The Hall–Kier alpha value is -1.69. The van der Waals surface area contributed by atoms with Crippen molar-refractivity contribution < 1.29 is 9.66 Å². The summed E-state index contributed by atoms with van der Waals surface area (Å²) in [6.45, 7) is 0. The van der Waals surface area contributed by atoms with Crippen molar-refractivity contribution in [1.82, 2.24) is 4.98 Å². The van der Waals surface area contributed by atoms with Gasteiger partial charge in [0, 0.05) is 13.2 Å². The number of rotatable bonds is 4.